The maximum atomic E-state index is 12.8. The fourth-order valence-electron chi connectivity index (χ4n) is 2.53. The van der Waals surface area contributed by atoms with Gasteiger partial charge in [0.15, 0.2) is 0 Å². The predicted molar refractivity (Wildman–Crippen MR) is 77.5 cm³/mol. The molecule has 1 heterocycles. The van der Waals surface area contributed by atoms with Gasteiger partial charge in [0.1, 0.15) is 0 Å². The van der Waals surface area contributed by atoms with Gasteiger partial charge in [-0.15, -0.1) is 0 Å². The normalized spacial score (nSPS) is 24.5. The lowest BCUT2D eigenvalue weighted by Gasteiger charge is -2.32. The summed E-state index contributed by atoms with van der Waals surface area (Å²) >= 11 is 0. The molecule has 0 spiro atoms. The van der Waals surface area contributed by atoms with Crippen LogP contribution in [0, 0.1) is 6.92 Å². The number of sulfonamides is 1. The zero-order chi connectivity index (χ0) is 14.3. The van der Waals surface area contributed by atoms with Gasteiger partial charge in [-0.3, -0.25) is 0 Å². The van der Waals surface area contributed by atoms with Crippen LogP contribution >= 0.6 is 0 Å². The molecule has 19 heavy (non-hydrogen) atoms. The van der Waals surface area contributed by atoms with Crippen molar-refractivity contribution in [3.63, 3.8) is 0 Å². The van der Waals surface area contributed by atoms with Crippen LogP contribution in [0.25, 0.3) is 0 Å². The van der Waals surface area contributed by atoms with Gasteiger partial charge in [0.2, 0.25) is 10.0 Å². The Kier molecular flexibility index (Phi) is 3.58. The summed E-state index contributed by atoms with van der Waals surface area (Å²) < 4.78 is 27.1. The second-order valence-electron chi connectivity index (χ2n) is 5.53. The maximum Gasteiger partial charge on any atom is 0.244 e. The molecule has 3 nitrogen and oxygen atoms in total. The number of nitrogens with zero attached hydrogens (tertiary/aromatic N) is 1. The summed E-state index contributed by atoms with van der Waals surface area (Å²) in [6.07, 6.45) is 2.84. The Balaban J connectivity index is 2.44. The Morgan fingerprint density at radius 1 is 1.21 bits per heavy atom. The number of rotatable bonds is 3. The first-order valence-electron chi connectivity index (χ1n) is 6.57. The zero-order valence-corrected chi connectivity index (χ0v) is 12.8. The zero-order valence-electron chi connectivity index (χ0n) is 12.0. The molecule has 0 aromatic heterocycles. The highest BCUT2D eigenvalue weighted by molar-refractivity contribution is 7.89. The highest BCUT2D eigenvalue weighted by atomic mass is 32.2. The molecule has 0 bridgehead atoms. The minimum Gasteiger partial charge on any atom is -0.207 e. The molecule has 0 fully saturated rings. The molecule has 104 valence electrons. The van der Waals surface area contributed by atoms with Crippen LogP contribution in [-0.2, 0) is 10.0 Å². The van der Waals surface area contributed by atoms with Crippen LogP contribution in [0.3, 0.4) is 0 Å². The smallest absolute Gasteiger partial charge is 0.207 e. The lowest BCUT2D eigenvalue weighted by atomic mass is 10.0. The maximum absolute atomic E-state index is 12.8. The van der Waals surface area contributed by atoms with Crippen molar-refractivity contribution < 1.29 is 8.42 Å². The van der Waals surface area contributed by atoms with Gasteiger partial charge in [0.25, 0.3) is 0 Å². The van der Waals surface area contributed by atoms with E-state index in [9.17, 15) is 8.42 Å². The van der Waals surface area contributed by atoms with Crippen molar-refractivity contribution in [1.82, 2.24) is 4.31 Å². The molecule has 0 aliphatic carbocycles. The van der Waals surface area contributed by atoms with Crippen molar-refractivity contribution in [3.05, 3.63) is 41.5 Å². The minimum atomic E-state index is -3.43. The molecule has 1 aliphatic rings. The first-order valence-corrected chi connectivity index (χ1v) is 8.01. The first-order chi connectivity index (χ1) is 8.79. The van der Waals surface area contributed by atoms with E-state index in [-0.39, 0.29) is 0 Å². The predicted octanol–water partition coefficient (Wildman–Crippen LogP) is 3.11. The van der Waals surface area contributed by atoms with Crippen LogP contribution in [0.4, 0.5) is 0 Å². The van der Waals surface area contributed by atoms with E-state index in [2.05, 4.69) is 6.08 Å². The summed E-state index contributed by atoms with van der Waals surface area (Å²) in [4.78, 5) is 0.376. The molecule has 0 N–H and O–H groups in total. The Labute approximate surface area is 116 Å². The van der Waals surface area contributed by atoms with Gasteiger partial charge in [-0.2, -0.15) is 4.31 Å². The number of hydrogen-bond acceptors (Lipinski definition) is 2. The van der Waals surface area contributed by atoms with E-state index in [0.29, 0.717) is 11.4 Å². The summed E-state index contributed by atoms with van der Waals surface area (Å²) in [5.41, 5.74) is 1.77. The van der Waals surface area contributed by atoms with Crippen LogP contribution in [0.5, 0.6) is 0 Å². The Morgan fingerprint density at radius 3 is 2.32 bits per heavy atom. The fourth-order valence-corrected chi connectivity index (χ4v) is 4.37. The molecule has 1 unspecified atom stereocenters. The van der Waals surface area contributed by atoms with Crippen LogP contribution < -0.4 is 0 Å². The van der Waals surface area contributed by atoms with Gasteiger partial charge < -0.3 is 0 Å². The molecule has 4 heteroatoms. The highest BCUT2D eigenvalue weighted by Crippen LogP contribution is 2.35. The molecule has 2 rings (SSSR count). The first kappa shape index (κ1) is 14.3. The third kappa shape index (κ3) is 2.47. The third-order valence-corrected chi connectivity index (χ3v) is 5.84. The SMILES string of the molecule is CCC1(C)C=C(C)CN1S(=O)(=O)c1ccc(C)cc1. The van der Waals surface area contributed by atoms with Gasteiger partial charge >= 0.3 is 0 Å². The van der Waals surface area contributed by atoms with E-state index in [4.69, 9.17) is 0 Å². The molecular formula is C15H21NO2S. The molecule has 1 aromatic rings. The summed E-state index contributed by atoms with van der Waals surface area (Å²) in [5, 5.41) is 0. The largest absolute Gasteiger partial charge is 0.244 e. The van der Waals surface area contributed by atoms with E-state index >= 15 is 0 Å². The fraction of sp³-hybridized carbons (Fsp3) is 0.467. The van der Waals surface area contributed by atoms with Crippen LogP contribution in [0.15, 0.2) is 40.8 Å². The van der Waals surface area contributed by atoms with Gasteiger partial charge in [-0.25, -0.2) is 8.42 Å². The van der Waals surface area contributed by atoms with Crippen molar-refractivity contribution in [1.29, 1.82) is 0 Å². The molecule has 1 aromatic carbocycles. The lowest BCUT2D eigenvalue weighted by Crippen LogP contribution is -2.44. The number of benzene rings is 1. The topological polar surface area (TPSA) is 37.4 Å². The quantitative estimate of drug-likeness (QED) is 0.797. The van der Waals surface area contributed by atoms with Crippen molar-refractivity contribution in [2.75, 3.05) is 6.54 Å². The second kappa shape index (κ2) is 4.76. The van der Waals surface area contributed by atoms with Crippen LogP contribution in [0.2, 0.25) is 0 Å². The van der Waals surface area contributed by atoms with Gasteiger partial charge in [-0.05, 0) is 39.3 Å². The van der Waals surface area contributed by atoms with E-state index in [0.717, 1.165) is 17.6 Å². The summed E-state index contributed by atoms with van der Waals surface area (Å²) in [5.74, 6) is 0. The van der Waals surface area contributed by atoms with E-state index < -0.39 is 15.6 Å². The number of hydrogen-bond donors (Lipinski definition) is 0. The van der Waals surface area contributed by atoms with Crippen molar-refractivity contribution in [3.8, 4) is 0 Å². The molecule has 0 radical (unpaired) electrons. The van der Waals surface area contributed by atoms with Gasteiger partial charge in [0, 0.05) is 6.54 Å². The average Bonchev–Trinajstić information content (AvgIpc) is 2.67. The molecule has 1 atom stereocenters. The summed E-state index contributed by atoms with van der Waals surface area (Å²) in [6.45, 7) is 8.43. The summed E-state index contributed by atoms with van der Waals surface area (Å²) in [7, 11) is -3.43. The molecular weight excluding hydrogens is 258 g/mol. The highest BCUT2D eigenvalue weighted by Gasteiger charge is 2.41. The van der Waals surface area contributed by atoms with Gasteiger partial charge in [-0.1, -0.05) is 36.3 Å². The monoisotopic (exact) mass is 279 g/mol. The van der Waals surface area contributed by atoms with Crippen LogP contribution in [0.1, 0.15) is 32.8 Å². The molecule has 0 saturated heterocycles. The summed E-state index contributed by atoms with van der Waals surface area (Å²) in [6, 6.07) is 7.06. The Hall–Kier alpha value is -1.13. The lowest BCUT2D eigenvalue weighted by molar-refractivity contribution is 0.292. The van der Waals surface area contributed by atoms with Gasteiger partial charge in [0.05, 0.1) is 10.4 Å². The van der Waals surface area contributed by atoms with Crippen LogP contribution in [-0.4, -0.2) is 24.8 Å². The third-order valence-electron chi connectivity index (χ3n) is 3.84. The van der Waals surface area contributed by atoms with Crippen molar-refractivity contribution in [2.45, 2.75) is 44.6 Å². The number of aryl methyl sites for hydroxylation is 1. The Morgan fingerprint density at radius 2 is 1.79 bits per heavy atom. The van der Waals surface area contributed by atoms with Crippen molar-refractivity contribution >= 4 is 10.0 Å². The van der Waals surface area contributed by atoms with E-state index in [1.165, 1.54) is 0 Å². The molecule has 1 aliphatic heterocycles. The van der Waals surface area contributed by atoms with Crippen molar-refractivity contribution in [2.24, 2.45) is 0 Å². The van der Waals surface area contributed by atoms with E-state index in [1.54, 1.807) is 16.4 Å². The van der Waals surface area contributed by atoms with E-state index in [1.807, 2.05) is 39.8 Å². The minimum absolute atomic E-state index is 0.376. The standard InChI is InChI=1S/C15H21NO2S/c1-5-15(4)10-13(3)11-16(15)19(17,18)14-8-6-12(2)7-9-14/h6-10H,5,11H2,1-4H3. The average molecular weight is 279 g/mol. The Bertz CT molecular complexity index is 602. The molecule has 0 saturated carbocycles. The molecule has 0 amide bonds. The second-order valence-corrected chi connectivity index (χ2v) is 7.39.